The fourth-order valence-electron chi connectivity index (χ4n) is 3.77. The molecule has 1 aliphatic rings. The van der Waals surface area contributed by atoms with Crippen LogP contribution < -0.4 is 10.2 Å². The smallest absolute Gasteiger partial charge is 0.137 e. The number of hydrogen-bond donors (Lipinski definition) is 1. The van der Waals surface area contributed by atoms with Crippen LogP contribution in [0.4, 0.5) is 5.82 Å². The lowest BCUT2D eigenvalue weighted by Gasteiger charge is -2.30. The lowest BCUT2D eigenvalue weighted by molar-refractivity contribution is 0.566. The van der Waals surface area contributed by atoms with Crippen LogP contribution in [0, 0.1) is 0 Å². The number of anilines is 1. The molecule has 0 bridgehead atoms. The number of rotatable bonds is 7. The molecule has 0 radical (unpaired) electrons. The number of nitrogens with one attached hydrogen (secondary N) is 1. The molecule has 31 heavy (non-hydrogen) atoms. The Morgan fingerprint density at radius 1 is 1.16 bits per heavy atom. The Morgan fingerprint density at radius 2 is 1.94 bits per heavy atom. The normalized spacial score (nSPS) is 15.4. The van der Waals surface area contributed by atoms with Crippen LogP contribution in [0.2, 0.25) is 0 Å². The van der Waals surface area contributed by atoms with E-state index in [0.717, 1.165) is 65.5 Å². The van der Waals surface area contributed by atoms with E-state index in [1.807, 2.05) is 38.2 Å². The second-order valence-electron chi connectivity index (χ2n) is 7.77. The summed E-state index contributed by atoms with van der Waals surface area (Å²) in [7, 11) is 5.84. The Bertz CT molecular complexity index is 995. The summed E-state index contributed by atoms with van der Waals surface area (Å²) in [6, 6.07) is 12.8. The van der Waals surface area contributed by atoms with Gasteiger partial charge in [0.15, 0.2) is 0 Å². The quantitative estimate of drug-likeness (QED) is 0.539. The molecular weight excluding hydrogens is 382 g/mol. The monoisotopic (exact) mass is 415 g/mol. The molecule has 0 atom stereocenters. The lowest BCUT2D eigenvalue weighted by atomic mass is 10.0. The minimum atomic E-state index is 0.940. The van der Waals surface area contributed by atoms with E-state index in [1.165, 1.54) is 0 Å². The van der Waals surface area contributed by atoms with Crippen molar-refractivity contribution < 1.29 is 0 Å². The van der Waals surface area contributed by atoms with Gasteiger partial charge in [0.1, 0.15) is 5.82 Å². The first-order valence-corrected chi connectivity index (χ1v) is 10.7. The third kappa shape index (κ3) is 5.50. The highest BCUT2D eigenvalue weighted by atomic mass is 15.2. The van der Waals surface area contributed by atoms with Crippen molar-refractivity contribution in [2.45, 2.75) is 6.92 Å². The zero-order valence-corrected chi connectivity index (χ0v) is 19.1. The van der Waals surface area contributed by atoms with Crippen LogP contribution >= 0.6 is 0 Å². The lowest BCUT2D eigenvalue weighted by Crippen LogP contribution is -2.44. The highest BCUT2D eigenvalue weighted by Gasteiger charge is 2.18. The molecule has 1 fully saturated rings. The van der Waals surface area contributed by atoms with Crippen molar-refractivity contribution in [1.82, 2.24) is 15.2 Å². The van der Waals surface area contributed by atoms with E-state index >= 15 is 0 Å². The summed E-state index contributed by atoms with van der Waals surface area (Å²) >= 11 is 0. The molecule has 5 heteroatoms. The van der Waals surface area contributed by atoms with Gasteiger partial charge in [-0.15, -0.1) is 0 Å². The molecule has 3 rings (SSSR count). The topological polar surface area (TPSA) is 43.8 Å². The Kier molecular flexibility index (Phi) is 7.79. The van der Waals surface area contributed by atoms with Gasteiger partial charge in [0.25, 0.3) is 0 Å². The maximum atomic E-state index is 5.14. The summed E-state index contributed by atoms with van der Waals surface area (Å²) < 4.78 is 0. The van der Waals surface area contributed by atoms with Gasteiger partial charge in [-0.3, -0.25) is 4.99 Å². The van der Waals surface area contributed by atoms with Gasteiger partial charge in [0.05, 0.1) is 5.69 Å². The predicted molar refractivity (Wildman–Crippen MR) is 135 cm³/mol. The molecule has 0 unspecified atom stereocenters. The van der Waals surface area contributed by atoms with Crippen LogP contribution in [0.25, 0.3) is 22.4 Å². The summed E-state index contributed by atoms with van der Waals surface area (Å²) in [6.07, 6.45) is 7.98. The van der Waals surface area contributed by atoms with Gasteiger partial charge in [-0.05, 0) is 41.8 Å². The molecule has 1 saturated heterocycles. The van der Waals surface area contributed by atoms with Crippen molar-refractivity contribution in [2.24, 2.45) is 4.99 Å². The zero-order valence-electron chi connectivity index (χ0n) is 19.1. The van der Waals surface area contributed by atoms with Crippen molar-refractivity contribution in [1.29, 1.82) is 0 Å². The van der Waals surface area contributed by atoms with Crippen LogP contribution in [-0.2, 0) is 0 Å². The van der Waals surface area contributed by atoms with Gasteiger partial charge < -0.3 is 15.1 Å². The van der Waals surface area contributed by atoms with E-state index in [-0.39, 0.29) is 0 Å². The summed E-state index contributed by atoms with van der Waals surface area (Å²) in [5, 5.41) is 3.43. The molecule has 162 valence electrons. The van der Waals surface area contributed by atoms with E-state index in [9.17, 15) is 0 Å². The molecule has 1 aromatic heterocycles. The molecule has 0 amide bonds. The Labute approximate surface area is 186 Å². The first kappa shape index (κ1) is 22.5. The third-order valence-electron chi connectivity index (χ3n) is 5.29. The first-order valence-electron chi connectivity index (χ1n) is 10.7. The number of hydrogen-bond acceptors (Lipinski definition) is 5. The van der Waals surface area contributed by atoms with Crippen LogP contribution in [0.5, 0.6) is 0 Å². The molecule has 0 spiro atoms. The van der Waals surface area contributed by atoms with Gasteiger partial charge in [0, 0.05) is 70.9 Å². The van der Waals surface area contributed by atoms with E-state index < -0.39 is 0 Å². The molecule has 5 nitrogen and oxygen atoms in total. The largest absolute Gasteiger partial charge is 0.383 e. The summed E-state index contributed by atoms with van der Waals surface area (Å²) in [5.41, 5.74) is 6.49. The molecular formula is C26H33N5. The van der Waals surface area contributed by atoms with Crippen molar-refractivity contribution in [2.75, 3.05) is 52.2 Å². The maximum absolute atomic E-state index is 5.14. The number of aromatic nitrogens is 1. The summed E-state index contributed by atoms with van der Waals surface area (Å²) in [4.78, 5) is 13.8. The summed E-state index contributed by atoms with van der Waals surface area (Å²) in [5.74, 6) is 1.02. The van der Waals surface area contributed by atoms with Crippen LogP contribution in [0.15, 0.2) is 66.3 Å². The molecule has 1 aliphatic heterocycles. The van der Waals surface area contributed by atoms with E-state index in [2.05, 4.69) is 70.5 Å². The van der Waals surface area contributed by atoms with Crippen LogP contribution in [0.1, 0.15) is 18.1 Å². The minimum Gasteiger partial charge on any atom is -0.383 e. The maximum Gasteiger partial charge on any atom is 0.137 e. The number of benzene rings is 1. The number of piperazine rings is 1. The van der Waals surface area contributed by atoms with Gasteiger partial charge in [-0.2, -0.15) is 0 Å². The molecule has 2 heterocycles. The zero-order chi connectivity index (χ0) is 22.2. The van der Waals surface area contributed by atoms with Crippen LogP contribution in [0.3, 0.4) is 0 Å². The standard InChI is InChI=1S/C26H33N5/c1-6-20(18-27-3)24-11-12-25(29-26(24)31-15-13-28-14-16-31)23-10-8-9-22(17-23)21(7-2)19-30(4)5/h6-12,17-19,28H,2,13-16H2,1,3-5H3/b20-6+,21-19+,27-18?. The van der Waals surface area contributed by atoms with Gasteiger partial charge in [-0.25, -0.2) is 4.98 Å². The SMILES string of the molecule is C=C/C(=C\N(C)C)c1cccc(-c2ccc(/C(C=NC)=C/C)c(N3CCNCC3)n2)c1. The second-order valence-corrected chi connectivity index (χ2v) is 7.77. The van der Waals surface area contributed by atoms with Crippen molar-refractivity contribution in [3.63, 3.8) is 0 Å². The summed E-state index contributed by atoms with van der Waals surface area (Å²) in [6.45, 7) is 9.84. The molecule has 1 N–H and O–H groups in total. The average molecular weight is 416 g/mol. The average Bonchev–Trinajstić information content (AvgIpc) is 2.81. The van der Waals surface area contributed by atoms with Gasteiger partial charge >= 0.3 is 0 Å². The number of nitrogens with zero attached hydrogens (tertiary/aromatic N) is 4. The van der Waals surface area contributed by atoms with E-state index in [0.29, 0.717) is 0 Å². The minimum absolute atomic E-state index is 0.940. The highest BCUT2D eigenvalue weighted by molar-refractivity contribution is 6.11. The number of allylic oxidation sites excluding steroid dienone is 4. The highest BCUT2D eigenvalue weighted by Crippen LogP contribution is 2.30. The predicted octanol–water partition coefficient (Wildman–Crippen LogP) is 4.35. The second kappa shape index (κ2) is 10.7. The fraction of sp³-hybridized carbons (Fsp3) is 0.308. The van der Waals surface area contributed by atoms with Gasteiger partial charge in [-0.1, -0.05) is 36.9 Å². The van der Waals surface area contributed by atoms with Crippen molar-refractivity contribution in [3.05, 3.63) is 72.5 Å². The Hall–Kier alpha value is -3.18. The third-order valence-corrected chi connectivity index (χ3v) is 5.29. The van der Waals surface area contributed by atoms with E-state index in [1.54, 1.807) is 7.05 Å². The Morgan fingerprint density at radius 3 is 2.58 bits per heavy atom. The van der Waals surface area contributed by atoms with Crippen LogP contribution in [-0.4, -0.2) is 63.4 Å². The Balaban J connectivity index is 2.08. The van der Waals surface area contributed by atoms with E-state index in [4.69, 9.17) is 4.98 Å². The molecule has 0 saturated carbocycles. The van der Waals surface area contributed by atoms with Crippen molar-refractivity contribution >= 4 is 23.2 Å². The van der Waals surface area contributed by atoms with Crippen molar-refractivity contribution in [3.8, 4) is 11.3 Å². The fourth-order valence-corrected chi connectivity index (χ4v) is 3.77. The number of aliphatic imine (C=N–C) groups is 1. The molecule has 2 aromatic rings. The number of pyridine rings is 1. The molecule has 0 aliphatic carbocycles. The first-order chi connectivity index (χ1) is 15.1. The van der Waals surface area contributed by atoms with Gasteiger partial charge in [0.2, 0.25) is 0 Å². The molecule has 1 aromatic carbocycles.